The minimum atomic E-state index is -0.560. The van der Waals surface area contributed by atoms with Crippen LogP contribution in [0.1, 0.15) is 90.5 Å². The number of benzene rings is 4. The first kappa shape index (κ1) is 39.9. The lowest BCUT2D eigenvalue weighted by atomic mass is 9.78. The Morgan fingerprint density at radius 1 is 0.789 bits per heavy atom. The van der Waals surface area contributed by atoms with Crippen molar-refractivity contribution in [1.82, 2.24) is 0 Å². The van der Waals surface area contributed by atoms with Crippen molar-refractivity contribution in [3.8, 4) is 11.5 Å². The summed E-state index contributed by atoms with van der Waals surface area (Å²) in [5, 5.41) is 16.0. The first-order valence-electron chi connectivity index (χ1n) is 19.9. The van der Waals surface area contributed by atoms with Crippen molar-refractivity contribution < 1.29 is 19.0 Å². The number of fused-ring (bicyclic) bond motifs is 2. The van der Waals surface area contributed by atoms with Crippen LogP contribution < -0.4 is 14.4 Å². The number of anilines is 1. The molecule has 2 aliphatic heterocycles. The summed E-state index contributed by atoms with van der Waals surface area (Å²) in [6.45, 7) is 18.2. The molecule has 0 aromatic heterocycles. The fourth-order valence-corrected chi connectivity index (χ4v) is 9.37. The quantitative estimate of drug-likeness (QED) is 0.0579. The van der Waals surface area contributed by atoms with Crippen molar-refractivity contribution >= 4 is 40.1 Å². The van der Waals surface area contributed by atoms with Gasteiger partial charge in [-0.25, -0.2) is 0 Å². The van der Waals surface area contributed by atoms with Crippen LogP contribution in [0.4, 0.5) is 22.7 Å². The van der Waals surface area contributed by atoms with E-state index in [1.54, 1.807) is 18.2 Å². The summed E-state index contributed by atoms with van der Waals surface area (Å²) in [7, 11) is 0. The van der Waals surface area contributed by atoms with Crippen molar-refractivity contribution in [1.29, 1.82) is 0 Å². The molecule has 0 amide bonds. The van der Waals surface area contributed by atoms with E-state index in [9.17, 15) is 15.0 Å². The lowest BCUT2D eigenvalue weighted by Gasteiger charge is -2.30. The summed E-state index contributed by atoms with van der Waals surface area (Å²) < 4.78 is 14.2. The van der Waals surface area contributed by atoms with E-state index in [1.807, 2.05) is 70.2 Å². The lowest BCUT2D eigenvalue weighted by molar-refractivity contribution is -0.437. The SMILES string of the molecule is CC(C)Oc1ccc(CCN2/C(=C3\CCC(C4=[N+](CCc5ccc(OC(C)C)cc5)c5ccc(N=O)cc5C4(C)C)=C3Cl)C(C)(C)c3cc([N+](=O)[O-])ccc32)cc1. The minimum absolute atomic E-state index is 0.0745. The average Bonchev–Trinajstić information content (AvgIpc) is 3.72. The lowest BCUT2D eigenvalue weighted by Crippen LogP contribution is -2.32. The van der Waals surface area contributed by atoms with Crippen LogP contribution in [0.15, 0.2) is 112 Å². The van der Waals surface area contributed by atoms with Gasteiger partial charge < -0.3 is 14.4 Å². The van der Waals surface area contributed by atoms with Crippen LogP contribution in [0, 0.1) is 15.0 Å². The number of nitrogens with zero attached hydrogens (tertiary/aromatic N) is 4. The molecule has 296 valence electrons. The van der Waals surface area contributed by atoms with Gasteiger partial charge in [-0.1, -0.05) is 49.7 Å². The summed E-state index contributed by atoms with van der Waals surface area (Å²) in [5.41, 5.74) is 10.1. The van der Waals surface area contributed by atoms with Crippen LogP contribution in [0.2, 0.25) is 0 Å². The zero-order chi connectivity index (χ0) is 40.8. The molecule has 2 heterocycles. The standard InChI is InChI=1S/C47H52ClN4O5/c1-29(2)56-35-15-9-31(10-16-35)23-25-50-41-21-13-33(49-53)27-39(41)46(5,6)44(50)37-19-20-38(43(37)48)45-47(7,8)40-28-34(52(54)55)14-22-42(40)51(45)26-24-32-11-17-36(18-12-32)57-30(3)4/h9-18,21-22,27-30H,19-20,23-26H2,1-8H3/q+1. The van der Waals surface area contributed by atoms with E-state index in [2.05, 4.69) is 66.6 Å². The number of non-ortho nitro benzene ring substituents is 1. The van der Waals surface area contributed by atoms with Crippen LogP contribution in [0.3, 0.4) is 0 Å². The third-order valence-corrected chi connectivity index (χ3v) is 11.9. The molecule has 0 spiro atoms. The average molecular weight is 788 g/mol. The van der Waals surface area contributed by atoms with Gasteiger partial charge in [-0.15, -0.1) is 4.91 Å². The molecule has 4 aromatic carbocycles. The Balaban J connectivity index is 1.31. The van der Waals surface area contributed by atoms with Crippen molar-refractivity contribution in [3.63, 3.8) is 0 Å². The van der Waals surface area contributed by atoms with Gasteiger partial charge in [0.15, 0.2) is 12.3 Å². The van der Waals surface area contributed by atoms with Gasteiger partial charge in [-0.3, -0.25) is 10.1 Å². The topological polar surface area (TPSA) is 97.3 Å². The number of ether oxygens (including phenoxy) is 2. The Morgan fingerprint density at radius 3 is 1.96 bits per heavy atom. The summed E-state index contributed by atoms with van der Waals surface area (Å²) in [6, 6.07) is 27.5. The van der Waals surface area contributed by atoms with E-state index < -0.39 is 10.8 Å². The molecule has 0 N–H and O–H groups in total. The van der Waals surface area contributed by atoms with E-state index in [0.717, 1.165) is 87.3 Å². The number of nitroso groups, excluding NO2 is 1. The Kier molecular flexibility index (Phi) is 10.9. The molecule has 1 aliphatic carbocycles. The molecule has 9 nitrogen and oxygen atoms in total. The number of halogens is 1. The van der Waals surface area contributed by atoms with E-state index >= 15 is 0 Å². The van der Waals surface area contributed by atoms with Gasteiger partial charge in [-0.05, 0) is 131 Å². The molecule has 0 bridgehead atoms. The third kappa shape index (κ3) is 7.62. The van der Waals surface area contributed by atoms with Gasteiger partial charge in [0.25, 0.3) is 5.69 Å². The minimum Gasteiger partial charge on any atom is -0.491 e. The van der Waals surface area contributed by atoms with Crippen LogP contribution in [-0.2, 0) is 23.7 Å². The van der Waals surface area contributed by atoms with Gasteiger partial charge in [0.1, 0.15) is 17.2 Å². The van der Waals surface area contributed by atoms with E-state index in [0.29, 0.717) is 18.8 Å². The maximum absolute atomic E-state index is 12.0. The fraction of sp³-hybridized carbons (Fsp3) is 0.383. The zero-order valence-corrected chi connectivity index (χ0v) is 34.9. The van der Waals surface area contributed by atoms with Crippen molar-refractivity contribution in [3.05, 3.63) is 144 Å². The molecule has 57 heavy (non-hydrogen) atoms. The maximum atomic E-state index is 12.0. The first-order valence-corrected chi connectivity index (χ1v) is 20.3. The molecule has 4 aromatic rings. The second kappa shape index (κ2) is 15.6. The Bertz CT molecular complexity index is 2320. The molecule has 0 saturated carbocycles. The van der Waals surface area contributed by atoms with Crippen LogP contribution >= 0.6 is 11.6 Å². The van der Waals surface area contributed by atoms with Crippen molar-refractivity contribution in [2.24, 2.45) is 5.18 Å². The molecule has 0 radical (unpaired) electrons. The number of hydrogen-bond acceptors (Lipinski definition) is 7. The Hall–Kier alpha value is -5.28. The fourth-order valence-electron chi connectivity index (χ4n) is 9.00. The predicted octanol–water partition coefficient (Wildman–Crippen LogP) is 11.8. The highest BCUT2D eigenvalue weighted by Gasteiger charge is 2.51. The summed E-state index contributed by atoms with van der Waals surface area (Å²) in [6.07, 6.45) is 3.19. The van der Waals surface area contributed by atoms with Crippen LogP contribution in [-0.4, -0.2) is 40.5 Å². The molecule has 10 heteroatoms. The zero-order valence-electron chi connectivity index (χ0n) is 34.2. The molecule has 0 unspecified atom stereocenters. The van der Waals surface area contributed by atoms with Crippen molar-refractivity contribution in [2.75, 3.05) is 18.0 Å². The van der Waals surface area contributed by atoms with E-state index in [1.165, 1.54) is 11.1 Å². The molecule has 7 rings (SSSR count). The van der Waals surface area contributed by atoms with E-state index in [-0.39, 0.29) is 22.8 Å². The number of nitro groups is 1. The Morgan fingerprint density at radius 2 is 1.39 bits per heavy atom. The monoisotopic (exact) mass is 787 g/mol. The number of nitro benzene ring substituents is 1. The molecular formula is C47H52ClN4O5+. The van der Waals surface area contributed by atoms with Crippen molar-refractivity contribution in [2.45, 2.75) is 104 Å². The second-order valence-corrected chi connectivity index (χ2v) is 17.3. The van der Waals surface area contributed by atoms with Gasteiger partial charge in [0, 0.05) is 59.1 Å². The van der Waals surface area contributed by atoms with Gasteiger partial charge >= 0.3 is 0 Å². The number of hydrogen-bond donors (Lipinski definition) is 0. The molecule has 3 aliphatic rings. The van der Waals surface area contributed by atoms with Gasteiger partial charge in [0.05, 0.1) is 27.6 Å². The maximum Gasteiger partial charge on any atom is 0.269 e. The largest absolute Gasteiger partial charge is 0.491 e. The smallest absolute Gasteiger partial charge is 0.269 e. The second-order valence-electron chi connectivity index (χ2n) is 16.9. The van der Waals surface area contributed by atoms with E-state index in [4.69, 9.17) is 21.1 Å². The highest BCUT2D eigenvalue weighted by atomic mass is 35.5. The number of allylic oxidation sites excluding steroid dienone is 4. The Labute approximate surface area is 340 Å². The summed E-state index contributed by atoms with van der Waals surface area (Å²) >= 11 is 7.71. The molecule has 0 fully saturated rings. The predicted molar refractivity (Wildman–Crippen MR) is 229 cm³/mol. The molecular weight excluding hydrogens is 736 g/mol. The summed E-state index contributed by atoms with van der Waals surface area (Å²) in [4.78, 5) is 25.8. The highest BCUT2D eigenvalue weighted by Crippen LogP contribution is 2.55. The normalized spacial score (nSPS) is 18.1. The highest BCUT2D eigenvalue weighted by molar-refractivity contribution is 6.35. The third-order valence-electron chi connectivity index (χ3n) is 11.5. The number of rotatable bonds is 13. The molecule has 0 saturated heterocycles. The summed E-state index contributed by atoms with van der Waals surface area (Å²) in [5.74, 6) is 1.68. The van der Waals surface area contributed by atoms with Crippen LogP contribution in [0.25, 0.3) is 0 Å². The van der Waals surface area contributed by atoms with Crippen LogP contribution in [0.5, 0.6) is 11.5 Å². The first-order chi connectivity index (χ1) is 27.1. The molecule has 0 atom stereocenters. The van der Waals surface area contributed by atoms with Gasteiger partial charge in [0.2, 0.25) is 5.69 Å². The van der Waals surface area contributed by atoms with Gasteiger partial charge in [-0.2, -0.15) is 4.58 Å².